The minimum atomic E-state index is -0.337. The number of carbonyl (C=O) groups excluding carboxylic acids is 2. The molecule has 0 unspecified atom stereocenters. The summed E-state index contributed by atoms with van der Waals surface area (Å²) in [6.07, 6.45) is -0.0207. The van der Waals surface area contributed by atoms with Gasteiger partial charge in [0.2, 0.25) is 0 Å². The summed E-state index contributed by atoms with van der Waals surface area (Å²) in [7, 11) is 0. The Morgan fingerprint density at radius 2 is 1.59 bits per heavy atom. The predicted octanol–water partition coefficient (Wildman–Crippen LogP) is 3.81. The first-order chi connectivity index (χ1) is 10.7. The predicted molar refractivity (Wildman–Crippen MR) is 83.3 cm³/mol. The molecule has 1 heterocycles. The Kier molecular flexibility index (Phi) is 4.05. The molecule has 1 aliphatic rings. The molecule has 0 aromatic heterocycles. The summed E-state index contributed by atoms with van der Waals surface area (Å²) >= 11 is 0. The zero-order valence-electron chi connectivity index (χ0n) is 12.4. The Hall–Kier alpha value is -2.42. The van der Waals surface area contributed by atoms with Gasteiger partial charge < -0.3 is 4.74 Å². The summed E-state index contributed by atoms with van der Waals surface area (Å²) in [5, 5.41) is 0. The van der Waals surface area contributed by atoms with Crippen molar-refractivity contribution in [1.29, 1.82) is 0 Å². The molecule has 0 amide bonds. The quantitative estimate of drug-likeness (QED) is 0.636. The van der Waals surface area contributed by atoms with Crippen LogP contribution in [0.2, 0.25) is 0 Å². The summed E-state index contributed by atoms with van der Waals surface area (Å²) in [6.45, 7) is 1.84. The number of hydrogen-bond donors (Lipinski definition) is 0. The van der Waals surface area contributed by atoms with Gasteiger partial charge in [0.1, 0.15) is 6.10 Å². The van der Waals surface area contributed by atoms with Crippen molar-refractivity contribution >= 4 is 11.8 Å². The fourth-order valence-corrected chi connectivity index (χ4v) is 2.95. The Balaban J connectivity index is 1.83. The molecule has 0 saturated carbocycles. The molecule has 1 fully saturated rings. The molecule has 3 heteroatoms. The number of esters is 1. The van der Waals surface area contributed by atoms with Crippen molar-refractivity contribution < 1.29 is 14.3 Å². The van der Waals surface area contributed by atoms with Crippen molar-refractivity contribution in [2.24, 2.45) is 11.8 Å². The van der Waals surface area contributed by atoms with E-state index in [1.165, 1.54) is 0 Å². The monoisotopic (exact) mass is 294 g/mol. The van der Waals surface area contributed by atoms with E-state index in [2.05, 4.69) is 0 Å². The van der Waals surface area contributed by atoms with Crippen LogP contribution in [0.1, 0.15) is 35.4 Å². The van der Waals surface area contributed by atoms with Crippen LogP contribution in [0, 0.1) is 11.8 Å². The van der Waals surface area contributed by atoms with E-state index in [-0.39, 0.29) is 29.7 Å². The maximum Gasteiger partial charge on any atom is 0.309 e. The molecule has 3 nitrogen and oxygen atoms in total. The van der Waals surface area contributed by atoms with Crippen molar-refractivity contribution in [3.05, 3.63) is 71.8 Å². The average Bonchev–Trinajstić information content (AvgIpc) is 2.85. The number of benzene rings is 2. The summed E-state index contributed by atoms with van der Waals surface area (Å²) < 4.78 is 5.52. The summed E-state index contributed by atoms with van der Waals surface area (Å²) in [5.41, 5.74) is 1.63. The zero-order valence-corrected chi connectivity index (χ0v) is 12.4. The van der Waals surface area contributed by atoms with Crippen LogP contribution in [-0.4, -0.2) is 11.8 Å². The number of rotatable bonds is 4. The van der Waals surface area contributed by atoms with Gasteiger partial charge in [-0.1, -0.05) is 67.6 Å². The average molecular weight is 294 g/mol. The zero-order chi connectivity index (χ0) is 15.5. The third-order valence-corrected chi connectivity index (χ3v) is 4.29. The lowest BCUT2D eigenvalue weighted by molar-refractivity contribution is -0.144. The molecule has 112 valence electrons. The number of Topliss-reactive ketones (excluding diaryl/α,β-unsaturated/α-hetero) is 1. The molecule has 1 aliphatic heterocycles. The number of hydrogen-bond acceptors (Lipinski definition) is 3. The van der Waals surface area contributed by atoms with Crippen LogP contribution in [0.3, 0.4) is 0 Å². The molecule has 2 aromatic carbocycles. The lowest BCUT2D eigenvalue weighted by Crippen LogP contribution is -2.18. The lowest BCUT2D eigenvalue weighted by atomic mass is 9.83. The summed E-state index contributed by atoms with van der Waals surface area (Å²) in [4.78, 5) is 24.4. The SMILES string of the molecule is C[C@@H]1C(=O)O[C@H](c2ccccc2)[C@H]1CC(=O)c1ccccc1. The van der Waals surface area contributed by atoms with Gasteiger partial charge in [-0.3, -0.25) is 9.59 Å². The fraction of sp³-hybridized carbons (Fsp3) is 0.263. The lowest BCUT2D eigenvalue weighted by Gasteiger charge is -2.19. The Morgan fingerprint density at radius 3 is 2.23 bits per heavy atom. The summed E-state index contributed by atoms with van der Waals surface area (Å²) in [6, 6.07) is 18.8. The number of ether oxygens (including phenoxy) is 1. The van der Waals surface area contributed by atoms with Gasteiger partial charge >= 0.3 is 5.97 Å². The van der Waals surface area contributed by atoms with Crippen molar-refractivity contribution in [2.45, 2.75) is 19.4 Å². The Bertz CT molecular complexity index is 664. The van der Waals surface area contributed by atoms with Gasteiger partial charge in [-0.15, -0.1) is 0 Å². The molecule has 2 aromatic rings. The maximum atomic E-state index is 12.5. The van der Waals surface area contributed by atoms with Gasteiger partial charge in [0.15, 0.2) is 5.78 Å². The summed E-state index contributed by atoms with van der Waals surface area (Å²) in [5.74, 6) is -0.558. The van der Waals surface area contributed by atoms with E-state index in [0.29, 0.717) is 12.0 Å². The van der Waals surface area contributed by atoms with E-state index in [0.717, 1.165) is 5.56 Å². The van der Waals surface area contributed by atoms with E-state index < -0.39 is 0 Å². The topological polar surface area (TPSA) is 43.4 Å². The highest BCUT2D eigenvalue weighted by molar-refractivity contribution is 5.96. The van der Waals surface area contributed by atoms with Gasteiger partial charge in [-0.2, -0.15) is 0 Å². The molecule has 1 saturated heterocycles. The second-order valence-electron chi connectivity index (χ2n) is 5.71. The largest absolute Gasteiger partial charge is 0.457 e. The van der Waals surface area contributed by atoms with E-state index >= 15 is 0 Å². The highest BCUT2D eigenvalue weighted by Crippen LogP contribution is 2.41. The third-order valence-electron chi connectivity index (χ3n) is 4.29. The molecule has 22 heavy (non-hydrogen) atoms. The van der Waals surface area contributed by atoms with Crippen molar-refractivity contribution in [3.63, 3.8) is 0 Å². The molecule has 0 bridgehead atoms. The van der Waals surface area contributed by atoms with Gasteiger partial charge in [-0.05, 0) is 5.56 Å². The van der Waals surface area contributed by atoms with Crippen LogP contribution in [0.25, 0.3) is 0 Å². The molecule has 0 spiro atoms. The van der Waals surface area contributed by atoms with E-state index in [1.54, 1.807) is 0 Å². The minimum absolute atomic E-state index is 0.0525. The van der Waals surface area contributed by atoms with Gasteiger partial charge in [0, 0.05) is 17.9 Å². The van der Waals surface area contributed by atoms with Crippen molar-refractivity contribution in [3.8, 4) is 0 Å². The first-order valence-electron chi connectivity index (χ1n) is 7.50. The first kappa shape index (κ1) is 14.5. The van der Waals surface area contributed by atoms with Gasteiger partial charge in [0.25, 0.3) is 0 Å². The molecule has 0 N–H and O–H groups in total. The van der Waals surface area contributed by atoms with Crippen molar-refractivity contribution in [2.75, 3.05) is 0 Å². The smallest absolute Gasteiger partial charge is 0.309 e. The highest BCUT2D eigenvalue weighted by Gasteiger charge is 2.43. The van der Waals surface area contributed by atoms with Crippen molar-refractivity contribution in [1.82, 2.24) is 0 Å². The molecular formula is C19H18O3. The van der Waals surface area contributed by atoms with E-state index in [9.17, 15) is 9.59 Å². The van der Waals surface area contributed by atoms with Crippen LogP contribution in [0.15, 0.2) is 60.7 Å². The number of cyclic esters (lactones) is 1. The van der Waals surface area contributed by atoms with Crippen LogP contribution < -0.4 is 0 Å². The molecule has 0 aliphatic carbocycles. The minimum Gasteiger partial charge on any atom is -0.457 e. The van der Waals surface area contributed by atoms with Crippen LogP contribution in [0.5, 0.6) is 0 Å². The Labute approximate surface area is 129 Å². The van der Waals surface area contributed by atoms with Gasteiger partial charge in [0.05, 0.1) is 5.92 Å². The highest BCUT2D eigenvalue weighted by atomic mass is 16.6. The van der Waals surface area contributed by atoms with Crippen LogP contribution in [-0.2, 0) is 9.53 Å². The second-order valence-corrected chi connectivity index (χ2v) is 5.71. The molecule has 3 rings (SSSR count). The van der Waals surface area contributed by atoms with Gasteiger partial charge in [-0.25, -0.2) is 0 Å². The standard InChI is InChI=1S/C19H18O3/c1-13-16(12-17(20)14-8-4-2-5-9-14)18(22-19(13)21)15-10-6-3-7-11-15/h2-11,13,16,18H,12H2,1H3/t13-,16-,18+/m0/s1. The van der Waals surface area contributed by atoms with Crippen LogP contribution in [0.4, 0.5) is 0 Å². The number of ketones is 1. The normalized spacial score (nSPS) is 24.0. The van der Waals surface area contributed by atoms with E-state index in [1.807, 2.05) is 67.6 Å². The Morgan fingerprint density at radius 1 is 1.00 bits per heavy atom. The third kappa shape index (κ3) is 2.80. The van der Waals surface area contributed by atoms with Crippen LogP contribution >= 0.6 is 0 Å². The molecule has 3 atom stereocenters. The second kappa shape index (κ2) is 6.14. The van der Waals surface area contributed by atoms with E-state index in [4.69, 9.17) is 4.74 Å². The fourth-order valence-electron chi connectivity index (χ4n) is 2.95. The molecular weight excluding hydrogens is 276 g/mol. The number of carbonyl (C=O) groups is 2. The maximum absolute atomic E-state index is 12.5. The molecule has 0 radical (unpaired) electrons. The first-order valence-corrected chi connectivity index (χ1v) is 7.50.